The highest BCUT2D eigenvalue weighted by molar-refractivity contribution is 7.90. The zero-order valence-corrected chi connectivity index (χ0v) is 21.9. The second kappa shape index (κ2) is 11.6. The predicted octanol–water partition coefficient (Wildman–Crippen LogP) is 2.95. The van der Waals surface area contributed by atoms with Crippen LogP contribution in [0.1, 0.15) is 56.0 Å². The average Bonchev–Trinajstić information content (AvgIpc) is 3.04. The molecule has 1 heterocycles. The molecule has 10 heteroatoms. The number of carbonyl (C=O) groups is 3. The van der Waals surface area contributed by atoms with Crippen LogP contribution in [0.4, 0.5) is 0 Å². The highest BCUT2D eigenvalue weighted by Gasteiger charge is 2.40. The van der Waals surface area contributed by atoms with Crippen LogP contribution in [0.3, 0.4) is 0 Å². The Labute approximate surface area is 212 Å². The van der Waals surface area contributed by atoms with E-state index < -0.39 is 22.0 Å². The van der Waals surface area contributed by atoms with E-state index in [4.69, 9.17) is 4.74 Å². The minimum absolute atomic E-state index is 0.0163. The highest BCUT2D eigenvalue weighted by atomic mass is 32.2. The van der Waals surface area contributed by atoms with Gasteiger partial charge in [0.05, 0.1) is 12.7 Å². The van der Waals surface area contributed by atoms with E-state index in [-0.39, 0.29) is 54.2 Å². The van der Waals surface area contributed by atoms with Crippen LogP contribution in [0, 0.1) is 0 Å². The van der Waals surface area contributed by atoms with Gasteiger partial charge in [0.15, 0.2) is 0 Å². The minimum Gasteiger partial charge on any atom is -0.497 e. The Kier molecular flexibility index (Phi) is 8.73. The summed E-state index contributed by atoms with van der Waals surface area (Å²) in [5.74, 6) is -0.507. The Morgan fingerprint density at radius 1 is 1.11 bits per heavy atom. The third-order valence-electron chi connectivity index (χ3n) is 5.97. The van der Waals surface area contributed by atoms with Crippen molar-refractivity contribution < 1.29 is 27.5 Å². The van der Waals surface area contributed by atoms with E-state index in [2.05, 4.69) is 5.32 Å². The lowest BCUT2D eigenvalue weighted by Crippen LogP contribution is -2.50. The second-order valence-corrected chi connectivity index (χ2v) is 10.8. The largest absolute Gasteiger partial charge is 0.497 e. The third-order valence-corrected chi connectivity index (χ3v) is 7.81. The van der Waals surface area contributed by atoms with E-state index in [1.165, 1.54) is 17.0 Å². The number of methoxy groups -OCH3 is 1. The van der Waals surface area contributed by atoms with Gasteiger partial charge in [-0.05, 0) is 56.5 Å². The molecule has 3 amide bonds. The van der Waals surface area contributed by atoms with E-state index in [9.17, 15) is 22.8 Å². The van der Waals surface area contributed by atoms with Crippen LogP contribution in [0.25, 0.3) is 0 Å². The van der Waals surface area contributed by atoms with Gasteiger partial charge in [-0.2, -0.15) is 0 Å². The van der Waals surface area contributed by atoms with Gasteiger partial charge in [0.25, 0.3) is 15.9 Å². The normalized spacial score (nSPS) is 14.9. The molecule has 0 unspecified atom stereocenters. The molecule has 0 radical (unpaired) electrons. The van der Waals surface area contributed by atoms with Crippen molar-refractivity contribution in [3.05, 3.63) is 59.7 Å². The number of carbonyl (C=O) groups excluding carboxylic acids is 3. The average molecular weight is 516 g/mol. The zero-order valence-electron chi connectivity index (χ0n) is 21.1. The smallest absolute Gasteiger partial charge is 0.269 e. The molecule has 0 fully saturated rings. The summed E-state index contributed by atoms with van der Waals surface area (Å²) >= 11 is 0. The molecule has 1 N–H and O–H groups in total. The first kappa shape index (κ1) is 27.2. The number of hydrogen-bond donors (Lipinski definition) is 1. The van der Waals surface area contributed by atoms with Gasteiger partial charge in [-0.1, -0.05) is 31.2 Å². The molecule has 0 saturated carbocycles. The molecule has 1 aliphatic rings. The van der Waals surface area contributed by atoms with Crippen molar-refractivity contribution in [2.45, 2.75) is 63.6 Å². The second-order valence-electron chi connectivity index (χ2n) is 8.94. The molecule has 0 bridgehead atoms. The monoisotopic (exact) mass is 515 g/mol. The molecule has 2 aromatic carbocycles. The first-order valence-electron chi connectivity index (χ1n) is 12.0. The molecule has 0 aliphatic carbocycles. The summed E-state index contributed by atoms with van der Waals surface area (Å²) < 4.78 is 31.7. The van der Waals surface area contributed by atoms with E-state index in [1.54, 1.807) is 31.4 Å². The van der Waals surface area contributed by atoms with Crippen molar-refractivity contribution in [1.82, 2.24) is 14.5 Å². The number of nitrogens with zero attached hydrogens (tertiary/aromatic N) is 2. The van der Waals surface area contributed by atoms with Gasteiger partial charge in [0.2, 0.25) is 11.8 Å². The van der Waals surface area contributed by atoms with Crippen LogP contribution in [0.15, 0.2) is 53.4 Å². The highest BCUT2D eigenvalue weighted by Crippen LogP contribution is 2.30. The summed E-state index contributed by atoms with van der Waals surface area (Å²) in [6.07, 6.45) is 0.516. The lowest BCUT2D eigenvalue weighted by atomic mass is 10.1. The molecule has 1 atom stereocenters. The molecule has 1 aliphatic heterocycles. The molecule has 194 valence electrons. The Hall–Kier alpha value is -3.40. The fourth-order valence-corrected chi connectivity index (χ4v) is 5.84. The standard InChI is InChI=1S/C26H33N3O6S/c1-5-22(25(31)27-18(2)3)28(17-19-10-8-11-20(16-19)35-4)24(30)14-9-15-29-26(32)21-12-6-7-13-23(21)36(29,33)34/h6-8,10-13,16,18,22H,5,9,14-15,17H2,1-4H3,(H,27,31)/t22-/m0/s1. The van der Waals surface area contributed by atoms with Crippen LogP contribution in [-0.2, 0) is 26.2 Å². The first-order valence-corrected chi connectivity index (χ1v) is 13.4. The van der Waals surface area contributed by atoms with Crippen LogP contribution in [0.2, 0.25) is 0 Å². The van der Waals surface area contributed by atoms with Crippen molar-refractivity contribution >= 4 is 27.7 Å². The maximum absolute atomic E-state index is 13.4. The predicted molar refractivity (Wildman–Crippen MR) is 135 cm³/mol. The number of rotatable bonds is 11. The number of amides is 3. The molecule has 0 saturated heterocycles. The molecule has 2 aromatic rings. The number of sulfonamides is 1. The van der Waals surface area contributed by atoms with Crippen LogP contribution >= 0.6 is 0 Å². The summed E-state index contributed by atoms with van der Waals surface area (Å²) in [6, 6.07) is 12.5. The van der Waals surface area contributed by atoms with Gasteiger partial charge >= 0.3 is 0 Å². The summed E-state index contributed by atoms with van der Waals surface area (Å²) in [5.41, 5.74) is 0.936. The molecular weight excluding hydrogens is 482 g/mol. The quantitative estimate of drug-likeness (QED) is 0.492. The molecule has 0 aromatic heterocycles. The van der Waals surface area contributed by atoms with Gasteiger partial charge in [-0.15, -0.1) is 0 Å². The number of benzene rings is 2. The van der Waals surface area contributed by atoms with Crippen molar-refractivity contribution in [1.29, 1.82) is 0 Å². The first-order chi connectivity index (χ1) is 17.1. The summed E-state index contributed by atoms with van der Waals surface area (Å²) in [5, 5.41) is 2.88. The lowest BCUT2D eigenvalue weighted by Gasteiger charge is -2.31. The van der Waals surface area contributed by atoms with Gasteiger partial charge in [-0.3, -0.25) is 14.4 Å². The maximum atomic E-state index is 13.4. The summed E-state index contributed by atoms with van der Waals surface area (Å²) in [7, 11) is -2.38. The van der Waals surface area contributed by atoms with Gasteiger partial charge in [0.1, 0.15) is 16.7 Å². The Balaban J connectivity index is 1.76. The molecule has 9 nitrogen and oxygen atoms in total. The SMILES string of the molecule is CC[C@@H](C(=O)NC(C)C)N(Cc1cccc(OC)c1)C(=O)CCCN1C(=O)c2ccccc2S1(=O)=O. The lowest BCUT2D eigenvalue weighted by molar-refractivity contribution is -0.141. The number of hydrogen-bond acceptors (Lipinski definition) is 6. The Morgan fingerprint density at radius 2 is 1.83 bits per heavy atom. The summed E-state index contributed by atoms with van der Waals surface area (Å²) in [6.45, 7) is 5.60. The van der Waals surface area contributed by atoms with Crippen molar-refractivity contribution in [2.24, 2.45) is 0 Å². The zero-order chi connectivity index (χ0) is 26.5. The number of fused-ring (bicyclic) bond motifs is 1. The third kappa shape index (κ3) is 5.87. The van der Waals surface area contributed by atoms with Crippen LogP contribution in [0.5, 0.6) is 5.75 Å². The topological polar surface area (TPSA) is 113 Å². The molecule has 3 rings (SSSR count). The van der Waals surface area contributed by atoms with Crippen molar-refractivity contribution in [3.63, 3.8) is 0 Å². The van der Waals surface area contributed by atoms with E-state index in [1.807, 2.05) is 32.9 Å². The van der Waals surface area contributed by atoms with E-state index in [0.717, 1.165) is 9.87 Å². The molecular formula is C26H33N3O6S. The summed E-state index contributed by atoms with van der Waals surface area (Å²) in [4.78, 5) is 40.5. The van der Waals surface area contributed by atoms with Gasteiger partial charge in [0, 0.05) is 25.6 Å². The molecule has 0 spiro atoms. The van der Waals surface area contributed by atoms with E-state index >= 15 is 0 Å². The fourth-order valence-electron chi connectivity index (χ4n) is 4.24. The maximum Gasteiger partial charge on any atom is 0.269 e. The van der Waals surface area contributed by atoms with Crippen molar-refractivity contribution in [2.75, 3.05) is 13.7 Å². The van der Waals surface area contributed by atoms with Gasteiger partial charge < -0.3 is 15.0 Å². The van der Waals surface area contributed by atoms with Gasteiger partial charge in [-0.25, -0.2) is 12.7 Å². The number of nitrogens with one attached hydrogen (secondary N) is 1. The molecule has 36 heavy (non-hydrogen) atoms. The van der Waals surface area contributed by atoms with E-state index in [0.29, 0.717) is 12.2 Å². The Morgan fingerprint density at radius 3 is 2.47 bits per heavy atom. The van der Waals surface area contributed by atoms with Crippen molar-refractivity contribution in [3.8, 4) is 5.75 Å². The Bertz CT molecular complexity index is 1230. The fraction of sp³-hybridized carbons (Fsp3) is 0.423. The minimum atomic E-state index is -3.94. The van der Waals surface area contributed by atoms with Crippen LogP contribution < -0.4 is 10.1 Å². The number of ether oxygens (including phenoxy) is 1. The van der Waals surface area contributed by atoms with Crippen LogP contribution in [-0.4, -0.2) is 61.1 Å².